The summed E-state index contributed by atoms with van der Waals surface area (Å²) < 4.78 is 0. The number of benzene rings is 4. The van der Waals surface area contributed by atoms with E-state index in [1.807, 2.05) is 0 Å². The fourth-order valence-electron chi connectivity index (χ4n) is 7.75. The van der Waals surface area contributed by atoms with Gasteiger partial charge in [-0.1, -0.05) is 57.4 Å². The van der Waals surface area contributed by atoms with Gasteiger partial charge in [-0.15, -0.1) is 101 Å². The van der Waals surface area contributed by atoms with Crippen molar-refractivity contribution in [3.05, 3.63) is 95.1 Å². The molecule has 0 saturated heterocycles. The SMILES string of the molecule is CC(c1ccc(S)cc1S)(c1ccc(S)cc1S)C1(C(C)(c2ccc(S)cc2S)c2ccc(S)cc2S)CCCCC1. The first kappa shape index (κ1) is 33.1. The Balaban J connectivity index is 2.00. The average Bonchev–Trinajstić information content (AvgIpc) is 2.92. The van der Waals surface area contributed by atoms with Crippen LogP contribution < -0.4 is 0 Å². The Kier molecular flexibility index (Phi) is 10.1. The van der Waals surface area contributed by atoms with Crippen molar-refractivity contribution in [2.45, 2.75) is 95.9 Å². The number of thiol groups is 8. The first-order valence-electron chi connectivity index (χ1n) is 13.9. The normalized spacial score (nSPS) is 15.6. The minimum absolute atomic E-state index is 0.353. The van der Waals surface area contributed by atoms with Crippen LogP contribution in [0.25, 0.3) is 0 Å². The third-order valence-corrected chi connectivity index (χ3v) is 12.3. The zero-order valence-electron chi connectivity index (χ0n) is 23.5. The monoisotopic (exact) mass is 700 g/mol. The fourth-order valence-corrected chi connectivity index (χ4v) is 10.7. The van der Waals surface area contributed by atoms with Gasteiger partial charge < -0.3 is 0 Å². The molecular formula is C34H36S8. The maximum atomic E-state index is 5.12. The molecule has 220 valence electrons. The maximum Gasteiger partial charge on any atom is 0.0264 e. The topological polar surface area (TPSA) is 0 Å². The molecule has 0 heterocycles. The van der Waals surface area contributed by atoms with Gasteiger partial charge in [0.1, 0.15) is 0 Å². The Hall–Kier alpha value is -0.320. The number of hydrogen-bond acceptors (Lipinski definition) is 8. The van der Waals surface area contributed by atoms with E-state index in [0.717, 1.165) is 87.1 Å². The van der Waals surface area contributed by atoms with Crippen molar-refractivity contribution in [3.63, 3.8) is 0 Å². The Morgan fingerprint density at radius 2 is 0.690 bits per heavy atom. The molecule has 8 heteroatoms. The number of rotatable bonds is 6. The van der Waals surface area contributed by atoms with E-state index in [-0.39, 0.29) is 5.41 Å². The second-order valence-electron chi connectivity index (χ2n) is 11.7. The molecule has 0 amide bonds. The Morgan fingerprint density at radius 1 is 0.429 bits per heavy atom. The van der Waals surface area contributed by atoms with Crippen molar-refractivity contribution in [2.75, 3.05) is 0 Å². The van der Waals surface area contributed by atoms with Crippen LogP contribution >= 0.6 is 101 Å². The largest absolute Gasteiger partial charge is 0.143 e. The van der Waals surface area contributed by atoms with E-state index in [9.17, 15) is 0 Å². The summed E-state index contributed by atoms with van der Waals surface area (Å²) in [5, 5.41) is 0. The lowest BCUT2D eigenvalue weighted by molar-refractivity contribution is 0.0228. The van der Waals surface area contributed by atoms with Crippen LogP contribution in [0.5, 0.6) is 0 Å². The van der Waals surface area contributed by atoms with Crippen LogP contribution in [0.4, 0.5) is 0 Å². The molecule has 0 spiro atoms. The zero-order valence-corrected chi connectivity index (χ0v) is 30.7. The summed E-state index contributed by atoms with van der Waals surface area (Å²) >= 11 is 39.2. The minimum atomic E-state index is -0.543. The molecule has 0 nitrogen and oxygen atoms in total. The predicted octanol–water partition coefficient (Wildman–Crippen LogP) is 11.3. The van der Waals surface area contributed by atoms with E-state index in [4.69, 9.17) is 50.5 Å². The van der Waals surface area contributed by atoms with Crippen LogP contribution in [0.15, 0.2) is 112 Å². The van der Waals surface area contributed by atoms with Gasteiger partial charge in [0, 0.05) is 50.0 Å². The first-order valence-corrected chi connectivity index (χ1v) is 17.5. The highest BCUT2D eigenvalue weighted by Gasteiger charge is 2.62. The molecule has 1 fully saturated rings. The summed E-state index contributed by atoms with van der Waals surface area (Å²) in [5.41, 5.74) is 3.16. The van der Waals surface area contributed by atoms with Crippen molar-refractivity contribution in [1.29, 1.82) is 0 Å². The van der Waals surface area contributed by atoms with E-state index in [0.29, 0.717) is 0 Å². The molecule has 42 heavy (non-hydrogen) atoms. The first-order chi connectivity index (χ1) is 19.8. The summed E-state index contributed by atoms with van der Waals surface area (Å²) in [7, 11) is 0. The zero-order chi connectivity index (χ0) is 30.4. The summed E-state index contributed by atoms with van der Waals surface area (Å²) in [4.78, 5) is 7.17. The molecular weight excluding hydrogens is 665 g/mol. The molecule has 1 aliphatic rings. The van der Waals surface area contributed by atoms with Gasteiger partial charge in [-0.3, -0.25) is 0 Å². The molecule has 4 aromatic carbocycles. The molecule has 5 rings (SSSR count). The van der Waals surface area contributed by atoms with Crippen LogP contribution in [0, 0.1) is 5.41 Å². The Bertz CT molecular complexity index is 1420. The van der Waals surface area contributed by atoms with Crippen LogP contribution in [0.3, 0.4) is 0 Å². The second kappa shape index (κ2) is 12.8. The third-order valence-electron chi connectivity index (χ3n) is 9.70. The Morgan fingerprint density at radius 3 is 0.929 bits per heavy atom. The van der Waals surface area contributed by atoms with Gasteiger partial charge in [-0.05, 0) is 89.0 Å². The van der Waals surface area contributed by atoms with Gasteiger partial charge >= 0.3 is 0 Å². The van der Waals surface area contributed by atoms with Crippen molar-refractivity contribution in [1.82, 2.24) is 0 Å². The molecule has 0 aromatic heterocycles. The highest BCUT2D eigenvalue weighted by Crippen LogP contribution is 2.67. The molecule has 0 atom stereocenters. The van der Waals surface area contributed by atoms with E-state index in [2.05, 4.69) is 137 Å². The van der Waals surface area contributed by atoms with Crippen molar-refractivity contribution < 1.29 is 0 Å². The quantitative estimate of drug-likeness (QED) is 0.0903. The van der Waals surface area contributed by atoms with Crippen LogP contribution in [-0.2, 0) is 10.8 Å². The van der Waals surface area contributed by atoms with E-state index < -0.39 is 10.8 Å². The molecule has 0 unspecified atom stereocenters. The molecule has 0 bridgehead atoms. The van der Waals surface area contributed by atoms with E-state index >= 15 is 0 Å². The standard InChI is InChI=1S/C34H36S8/c1-32(24-10-6-20(35)16-28(24)39,25-11-7-21(36)17-29(25)40)34(14-4-3-5-15-34)33(2,26-12-8-22(37)18-30(26)41)27-13-9-23(38)19-31(27)42/h6-13,16-19,35-42H,3-5,14-15H2,1-2H3. The lowest BCUT2D eigenvalue weighted by Crippen LogP contribution is -2.58. The maximum absolute atomic E-state index is 5.12. The highest BCUT2D eigenvalue weighted by molar-refractivity contribution is 7.82. The van der Waals surface area contributed by atoms with Gasteiger partial charge in [0.2, 0.25) is 0 Å². The van der Waals surface area contributed by atoms with Crippen LogP contribution in [-0.4, -0.2) is 0 Å². The van der Waals surface area contributed by atoms with Crippen LogP contribution in [0.1, 0.15) is 68.2 Å². The van der Waals surface area contributed by atoms with Gasteiger partial charge in [0.05, 0.1) is 0 Å². The predicted molar refractivity (Wildman–Crippen MR) is 202 cm³/mol. The third kappa shape index (κ3) is 5.52. The summed E-state index contributed by atoms with van der Waals surface area (Å²) in [6, 6.07) is 25.4. The van der Waals surface area contributed by atoms with E-state index in [1.54, 1.807) is 0 Å². The summed E-state index contributed by atoms with van der Waals surface area (Å²) in [6.45, 7) is 4.79. The second-order valence-corrected chi connectivity index (χ2v) is 15.7. The lowest BCUT2D eigenvalue weighted by Gasteiger charge is -2.62. The number of hydrogen-bond donors (Lipinski definition) is 8. The lowest BCUT2D eigenvalue weighted by atomic mass is 9.41. The molecule has 0 N–H and O–H groups in total. The summed E-state index contributed by atoms with van der Waals surface area (Å²) in [5.74, 6) is 0. The van der Waals surface area contributed by atoms with Gasteiger partial charge in [0.15, 0.2) is 0 Å². The average molecular weight is 701 g/mol. The van der Waals surface area contributed by atoms with Gasteiger partial charge in [-0.25, -0.2) is 0 Å². The molecule has 4 aromatic rings. The molecule has 1 aliphatic carbocycles. The van der Waals surface area contributed by atoms with Gasteiger partial charge in [-0.2, -0.15) is 0 Å². The molecule has 0 radical (unpaired) electrons. The van der Waals surface area contributed by atoms with Gasteiger partial charge in [0.25, 0.3) is 0 Å². The highest BCUT2D eigenvalue weighted by atomic mass is 32.1. The molecule has 0 aliphatic heterocycles. The van der Waals surface area contributed by atoms with Crippen molar-refractivity contribution in [3.8, 4) is 0 Å². The van der Waals surface area contributed by atoms with Crippen LogP contribution in [0.2, 0.25) is 0 Å². The minimum Gasteiger partial charge on any atom is -0.143 e. The van der Waals surface area contributed by atoms with Crippen molar-refractivity contribution >= 4 is 101 Å². The molecule has 1 saturated carbocycles. The smallest absolute Gasteiger partial charge is 0.0264 e. The summed E-state index contributed by atoms with van der Waals surface area (Å²) in [6.07, 6.45) is 5.36. The Labute approximate surface area is 294 Å². The fraction of sp³-hybridized carbons (Fsp3) is 0.294. The van der Waals surface area contributed by atoms with E-state index in [1.165, 1.54) is 6.42 Å². The van der Waals surface area contributed by atoms with Crippen molar-refractivity contribution in [2.24, 2.45) is 5.41 Å².